The molecule has 0 amide bonds. The van der Waals surface area contributed by atoms with Gasteiger partial charge in [-0.1, -0.05) is 87.9 Å². The van der Waals surface area contributed by atoms with Crippen molar-refractivity contribution in [1.29, 1.82) is 0 Å². The monoisotopic (exact) mass is 340 g/mol. The predicted octanol–water partition coefficient (Wildman–Crippen LogP) is 4.19. The third kappa shape index (κ3) is 2.91. The topological polar surface area (TPSA) is 49.7 Å². The van der Waals surface area contributed by atoms with Gasteiger partial charge in [0.1, 0.15) is 5.60 Å². The number of ether oxygens (including phenoxy) is 1. The maximum absolute atomic E-state index is 11.8. The molecule has 1 fully saturated rings. The summed E-state index contributed by atoms with van der Waals surface area (Å²) < 4.78 is 6.24. The van der Waals surface area contributed by atoms with Crippen LogP contribution in [0, 0.1) is 11.8 Å². The van der Waals surface area contributed by atoms with Crippen molar-refractivity contribution in [3.05, 3.63) is 71.8 Å². The first-order valence-electron chi connectivity index (χ1n) is 9.18. The lowest BCUT2D eigenvalue weighted by atomic mass is 9.64. The van der Waals surface area contributed by atoms with Gasteiger partial charge in [0.15, 0.2) is 5.79 Å². The Hall–Kier alpha value is -1.68. The number of benzene rings is 2. The predicted molar refractivity (Wildman–Crippen MR) is 98.8 cm³/mol. The molecule has 3 rings (SSSR count). The van der Waals surface area contributed by atoms with Crippen LogP contribution in [0.25, 0.3) is 0 Å². The third-order valence-corrected chi connectivity index (χ3v) is 5.83. The number of rotatable bonds is 4. The number of hydrogen-bond donors (Lipinski definition) is 2. The van der Waals surface area contributed by atoms with Gasteiger partial charge < -0.3 is 14.9 Å². The standard InChI is InChI=1S/C22H28O3/c1-4-11-20-16(2)21(23,18-12-7-5-8-13-18)17(3)22(24,25-20)19-14-9-6-10-15-19/h5-10,12-17,20,23-24H,4,11H2,1-3H3. The van der Waals surface area contributed by atoms with Crippen molar-refractivity contribution < 1.29 is 14.9 Å². The Bertz CT molecular complexity index is 687. The van der Waals surface area contributed by atoms with Crippen LogP contribution in [0.2, 0.25) is 0 Å². The summed E-state index contributed by atoms with van der Waals surface area (Å²) in [7, 11) is 0. The third-order valence-electron chi connectivity index (χ3n) is 5.83. The second kappa shape index (κ2) is 6.91. The molecule has 0 aromatic heterocycles. The molecule has 1 aliphatic heterocycles. The summed E-state index contributed by atoms with van der Waals surface area (Å²) in [5, 5.41) is 23.4. The van der Waals surface area contributed by atoms with Gasteiger partial charge in [-0.3, -0.25) is 0 Å². The van der Waals surface area contributed by atoms with Gasteiger partial charge in [-0.15, -0.1) is 0 Å². The lowest BCUT2D eigenvalue weighted by molar-refractivity contribution is -0.357. The maximum Gasteiger partial charge on any atom is 0.198 e. The molecule has 5 unspecified atom stereocenters. The van der Waals surface area contributed by atoms with Crippen LogP contribution < -0.4 is 0 Å². The minimum atomic E-state index is -1.53. The van der Waals surface area contributed by atoms with E-state index in [1.165, 1.54) is 0 Å². The summed E-state index contributed by atoms with van der Waals surface area (Å²) >= 11 is 0. The minimum Gasteiger partial charge on any atom is -0.384 e. The molecule has 1 saturated heterocycles. The average molecular weight is 340 g/mol. The van der Waals surface area contributed by atoms with Gasteiger partial charge >= 0.3 is 0 Å². The second-order valence-corrected chi connectivity index (χ2v) is 7.21. The van der Waals surface area contributed by atoms with Crippen LogP contribution in [-0.4, -0.2) is 16.3 Å². The largest absolute Gasteiger partial charge is 0.384 e. The highest BCUT2D eigenvalue weighted by molar-refractivity contribution is 5.30. The maximum atomic E-state index is 11.8. The SMILES string of the molecule is CCCC1OC(O)(c2ccccc2)C(C)C(O)(c2ccccc2)C1C. The molecule has 2 aromatic carbocycles. The van der Waals surface area contributed by atoms with E-state index in [0.717, 1.165) is 18.4 Å². The van der Waals surface area contributed by atoms with Gasteiger partial charge in [0.2, 0.25) is 0 Å². The highest BCUT2D eigenvalue weighted by Gasteiger charge is 2.59. The zero-order valence-corrected chi connectivity index (χ0v) is 15.2. The second-order valence-electron chi connectivity index (χ2n) is 7.21. The fourth-order valence-corrected chi connectivity index (χ4v) is 4.22. The highest BCUT2D eigenvalue weighted by atomic mass is 16.6. The molecule has 0 aliphatic carbocycles. The van der Waals surface area contributed by atoms with E-state index in [4.69, 9.17) is 4.74 Å². The van der Waals surface area contributed by atoms with Crippen molar-refractivity contribution in [2.75, 3.05) is 0 Å². The molecule has 0 radical (unpaired) electrons. The van der Waals surface area contributed by atoms with E-state index in [2.05, 4.69) is 6.92 Å². The lowest BCUT2D eigenvalue weighted by Gasteiger charge is -2.55. The first-order chi connectivity index (χ1) is 11.9. The zero-order chi connectivity index (χ0) is 18.1. The van der Waals surface area contributed by atoms with Crippen LogP contribution in [0.1, 0.15) is 44.7 Å². The molecule has 5 atom stereocenters. The van der Waals surface area contributed by atoms with E-state index in [9.17, 15) is 10.2 Å². The Labute approximate surface area is 150 Å². The van der Waals surface area contributed by atoms with Gasteiger partial charge in [0.05, 0.1) is 6.10 Å². The zero-order valence-electron chi connectivity index (χ0n) is 15.2. The van der Waals surface area contributed by atoms with Crippen LogP contribution >= 0.6 is 0 Å². The van der Waals surface area contributed by atoms with Crippen molar-refractivity contribution in [3.63, 3.8) is 0 Å². The average Bonchev–Trinajstić information content (AvgIpc) is 2.66. The molecular weight excluding hydrogens is 312 g/mol. The lowest BCUT2D eigenvalue weighted by Crippen LogP contribution is -2.60. The summed E-state index contributed by atoms with van der Waals surface area (Å²) in [6, 6.07) is 19.1. The van der Waals surface area contributed by atoms with Crippen LogP contribution in [0.15, 0.2) is 60.7 Å². The van der Waals surface area contributed by atoms with E-state index < -0.39 is 17.3 Å². The minimum absolute atomic E-state index is 0.131. The van der Waals surface area contributed by atoms with Crippen molar-refractivity contribution >= 4 is 0 Å². The van der Waals surface area contributed by atoms with Crippen molar-refractivity contribution in [1.82, 2.24) is 0 Å². The fraction of sp³-hybridized carbons (Fsp3) is 0.455. The van der Waals surface area contributed by atoms with Crippen LogP contribution in [0.4, 0.5) is 0 Å². The summed E-state index contributed by atoms with van der Waals surface area (Å²) in [6.07, 6.45) is 1.49. The molecule has 3 nitrogen and oxygen atoms in total. The Balaban J connectivity index is 2.13. The molecule has 0 saturated carbocycles. The van der Waals surface area contributed by atoms with E-state index in [1.54, 1.807) is 0 Å². The van der Waals surface area contributed by atoms with E-state index in [1.807, 2.05) is 74.5 Å². The Morgan fingerprint density at radius 3 is 1.92 bits per heavy atom. The molecule has 1 aliphatic rings. The van der Waals surface area contributed by atoms with Gasteiger partial charge in [-0.25, -0.2) is 0 Å². The van der Waals surface area contributed by atoms with Crippen LogP contribution in [0.3, 0.4) is 0 Å². The van der Waals surface area contributed by atoms with Gasteiger partial charge in [0.25, 0.3) is 0 Å². The molecular formula is C22H28O3. The summed E-state index contributed by atoms with van der Waals surface area (Å²) in [5.74, 6) is -2.18. The van der Waals surface area contributed by atoms with Crippen LogP contribution in [0.5, 0.6) is 0 Å². The molecule has 1 heterocycles. The quantitative estimate of drug-likeness (QED) is 0.877. The Kier molecular flexibility index (Phi) is 5.01. The number of aliphatic hydroxyl groups is 2. The van der Waals surface area contributed by atoms with E-state index >= 15 is 0 Å². The Morgan fingerprint density at radius 1 is 0.880 bits per heavy atom. The molecule has 3 heteroatoms. The summed E-state index contributed by atoms with van der Waals surface area (Å²) in [5.41, 5.74) is 0.336. The van der Waals surface area contributed by atoms with Crippen molar-refractivity contribution in [2.24, 2.45) is 11.8 Å². The first-order valence-corrected chi connectivity index (χ1v) is 9.18. The number of hydrogen-bond acceptors (Lipinski definition) is 3. The Morgan fingerprint density at radius 2 is 1.40 bits per heavy atom. The van der Waals surface area contributed by atoms with Crippen molar-refractivity contribution in [3.8, 4) is 0 Å². The van der Waals surface area contributed by atoms with E-state index in [0.29, 0.717) is 5.56 Å². The van der Waals surface area contributed by atoms with E-state index in [-0.39, 0.29) is 12.0 Å². The van der Waals surface area contributed by atoms with Crippen LogP contribution in [-0.2, 0) is 16.1 Å². The fourth-order valence-electron chi connectivity index (χ4n) is 4.22. The molecule has 0 spiro atoms. The highest BCUT2D eigenvalue weighted by Crippen LogP contribution is 2.53. The van der Waals surface area contributed by atoms with Gasteiger partial charge in [-0.2, -0.15) is 0 Å². The smallest absolute Gasteiger partial charge is 0.198 e. The molecule has 25 heavy (non-hydrogen) atoms. The normalized spacial score (nSPS) is 35.5. The van der Waals surface area contributed by atoms with Gasteiger partial charge in [0, 0.05) is 17.4 Å². The molecule has 2 aromatic rings. The van der Waals surface area contributed by atoms with Gasteiger partial charge in [-0.05, 0) is 12.0 Å². The first kappa shape index (κ1) is 18.1. The molecule has 0 bridgehead atoms. The molecule has 134 valence electrons. The summed E-state index contributed by atoms with van der Waals surface area (Å²) in [6.45, 7) is 5.99. The molecule has 2 N–H and O–H groups in total. The summed E-state index contributed by atoms with van der Waals surface area (Å²) in [4.78, 5) is 0. The van der Waals surface area contributed by atoms with Crippen molar-refractivity contribution in [2.45, 2.75) is 51.1 Å².